The molecule has 0 saturated carbocycles. The zero-order chi connectivity index (χ0) is 16.1. The molecule has 1 rings (SSSR count). The molecule has 21 heavy (non-hydrogen) atoms. The Balaban J connectivity index is 2.57. The number of amides is 1. The van der Waals surface area contributed by atoms with E-state index in [1.54, 1.807) is 20.8 Å². The molecule has 0 N–H and O–H groups in total. The molecule has 8 heteroatoms. The number of likely N-dealkylation sites (tertiary alicyclic amines) is 1. The van der Waals surface area contributed by atoms with Gasteiger partial charge in [-0.2, -0.15) is 0 Å². The third-order valence-electron chi connectivity index (χ3n) is 3.13. The number of ether oxygens (including phenoxy) is 1. The molecule has 6 nitrogen and oxygen atoms in total. The first-order valence-corrected chi connectivity index (χ1v) is 6.97. The predicted molar refractivity (Wildman–Crippen MR) is 73.3 cm³/mol. The molecule has 0 bridgehead atoms. The summed E-state index contributed by atoms with van der Waals surface area (Å²) in [6.45, 7) is 5.00. The molecule has 0 radical (unpaired) electrons. The van der Waals surface area contributed by atoms with Crippen LogP contribution in [0.4, 0.5) is 13.6 Å². The summed E-state index contributed by atoms with van der Waals surface area (Å²) in [4.78, 5) is 16.3. The maximum absolute atomic E-state index is 14.1. The number of piperidine rings is 1. The number of nitrogens with zero attached hydrogens (tertiary/aromatic N) is 4. The van der Waals surface area contributed by atoms with Crippen LogP contribution < -0.4 is 4.91 Å². The number of hydrogen-bond acceptors (Lipinski definition) is 4. The average molecular weight is 305 g/mol. The van der Waals surface area contributed by atoms with Crippen molar-refractivity contribution < 1.29 is 18.3 Å². The van der Waals surface area contributed by atoms with E-state index in [1.165, 1.54) is 7.05 Å². The first kappa shape index (κ1) is 17.5. The van der Waals surface area contributed by atoms with Gasteiger partial charge in [0, 0.05) is 12.5 Å². The van der Waals surface area contributed by atoms with E-state index in [9.17, 15) is 13.6 Å². The zero-order valence-corrected chi connectivity index (χ0v) is 13.0. The van der Waals surface area contributed by atoms with Gasteiger partial charge in [0.25, 0.3) is 5.92 Å². The fourth-order valence-corrected chi connectivity index (χ4v) is 2.14. The highest BCUT2D eigenvalue weighted by Crippen LogP contribution is 2.35. The number of rotatable bonds is 3. The van der Waals surface area contributed by atoms with Gasteiger partial charge in [0.15, 0.2) is 0 Å². The number of hydrogen-bond donors (Lipinski definition) is 0. The molecule has 1 fully saturated rings. The summed E-state index contributed by atoms with van der Waals surface area (Å²) >= 11 is 0. The number of halogens is 2. The van der Waals surface area contributed by atoms with Crippen LogP contribution in [0.1, 0.15) is 33.6 Å². The lowest BCUT2D eigenvalue weighted by Crippen LogP contribution is -2.52. The van der Waals surface area contributed by atoms with Crippen molar-refractivity contribution in [1.82, 2.24) is 9.81 Å². The number of carbonyl (C=O) groups excluding carboxylic acids is 1. The monoisotopic (exact) mass is 305 g/mol. The fourth-order valence-electron chi connectivity index (χ4n) is 2.14. The lowest BCUT2D eigenvalue weighted by Gasteiger charge is -2.38. The zero-order valence-electron chi connectivity index (χ0n) is 13.0. The van der Waals surface area contributed by atoms with Crippen LogP contribution >= 0.6 is 0 Å². The maximum atomic E-state index is 14.1. The van der Waals surface area contributed by atoms with Crippen molar-refractivity contribution in [2.45, 2.75) is 45.1 Å². The van der Waals surface area contributed by atoms with Crippen LogP contribution in [0, 0.1) is 5.92 Å². The van der Waals surface area contributed by atoms with E-state index < -0.39 is 30.1 Å². The minimum absolute atomic E-state index is 0.212. The van der Waals surface area contributed by atoms with Gasteiger partial charge in [-0.25, -0.2) is 13.6 Å². The van der Waals surface area contributed by atoms with E-state index in [1.807, 2.05) is 0 Å². The summed E-state index contributed by atoms with van der Waals surface area (Å²) in [5.74, 6) is -3.74. The van der Waals surface area contributed by atoms with Gasteiger partial charge < -0.3 is 9.64 Å². The fraction of sp³-hybridized carbons (Fsp3) is 0.923. The Morgan fingerprint density at radius 1 is 1.48 bits per heavy atom. The molecule has 120 valence electrons. The van der Waals surface area contributed by atoms with Gasteiger partial charge in [-0.05, 0) is 33.6 Å². The van der Waals surface area contributed by atoms with Crippen molar-refractivity contribution in [3.05, 3.63) is 0 Å². The van der Waals surface area contributed by atoms with Gasteiger partial charge in [-0.1, -0.05) is 0 Å². The van der Waals surface area contributed by atoms with Crippen LogP contribution in [0.2, 0.25) is 0 Å². The van der Waals surface area contributed by atoms with Crippen LogP contribution in [0.5, 0.6) is 0 Å². The molecule has 1 atom stereocenters. The van der Waals surface area contributed by atoms with Crippen LogP contribution in [0.25, 0.3) is 0 Å². The van der Waals surface area contributed by atoms with Crippen LogP contribution in [-0.4, -0.2) is 49.2 Å². The Morgan fingerprint density at radius 2 is 2.14 bits per heavy atom. The van der Waals surface area contributed by atoms with Crippen molar-refractivity contribution >= 4 is 6.09 Å². The highest BCUT2D eigenvalue weighted by atomic mass is 19.3. The third kappa shape index (κ3) is 5.75. The minimum atomic E-state index is -2.94. The second kappa shape index (κ2) is 6.93. The second-order valence-corrected chi connectivity index (χ2v) is 6.09. The predicted octanol–water partition coefficient (Wildman–Crippen LogP) is 2.87. The Kier molecular flexibility index (Phi) is 5.78. The molecule has 1 aliphatic rings. The number of alkyl halides is 2. The molecule has 0 spiro atoms. The average Bonchev–Trinajstić information content (AvgIpc) is 2.33. The minimum Gasteiger partial charge on any atom is -0.444 e. The van der Waals surface area contributed by atoms with Crippen LogP contribution in [0.15, 0.2) is 10.2 Å². The van der Waals surface area contributed by atoms with Gasteiger partial charge in [0.05, 0.1) is 6.54 Å². The van der Waals surface area contributed by atoms with E-state index in [4.69, 9.17) is 4.74 Å². The Morgan fingerprint density at radius 3 is 2.67 bits per heavy atom. The van der Waals surface area contributed by atoms with E-state index >= 15 is 0 Å². The molecule has 1 amide bonds. The molecule has 0 aromatic heterocycles. The summed E-state index contributed by atoms with van der Waals surface area (Å²) in [5.41, 5.74) is -0.687. The molecule has 0 aromatic rings. The van der Waals surface area contributed by atoms with E-state index in [2.05, 4.69) is 15.1 Å². The largest absolute Gasteiger partial charge is 0.444 e. The second-order valence-electron chi connectivity index (χ2n) is 6.09. The lowest BCUT2D eigenvalue weighted by molar-refractivity contribution is -0.111. The van der Waals surface area contributed by atoms with Gasteiger partial charge in [-0.3, -0.25) is 0 Å². The lowest BCUT2D eigenvalue weighted by atomic mass is 9.90. The molecular formula is C13H23F2N4O2+. The van der Waals surface area contributed by atoms with Crippen molar-refractivity contribution in [3.8, 4) is 0 Å². The SMILES string of the molecule is CN=[N+]=NCCC1CCN(C(=O)OC(C)(C)C)CC1(F)F. The molecule has 1 unspecified atom stereocenters. The highest BCUT2D eigenvalue weighted by molar-refractivity contribution is 5.68. The molecule has 0 aliphatic carbocycles. The summed E-state index contributed by atoms with van der Waals surface area (Å²) in [5, 5.41) is 7.10. The van der Waals surface area contributed by atoms with Gasteiger partial charge in [0.1, 0.15) is 29.4 Å². The molecule has 1 saturated heterocycles. The van der Waals surface area contributed by atoms with E-state index in [0.29, 0.717) is 0 Å². The van der Waals surface area contributed by atoms with Crippen molar-refractivity contribution in [2.75, 3.05) is 26.7 Å². The topological polar surface area (TPSA) is 68.4 Å². The van der Waals surface area contributed by atoms with E-state index in [0.717, 1.165) is 4.90 Å². The first-order valence-electron chi connectivity index (χ1n) is 6.97. The smallest absolute Gasteiger partial charge is 0.410 e. The quantitative estimate of drug-likeness (QED) is 0.594. The Labute approximate surface area is 123 Å². The van der Waals surface area contributed by atoms with Crippen LogP contribution in [-0.2, 0) is 4.74 Å². The number of carbonyl (C=O) groups is 1. The van der Waals surface area contributed by atoms with Gasteiger partial charge >= 0.3 is 6.09 Å². The van der Waals surface area contributed by atoms with E-state index in [-0.39, 0.29) is 25.9 Å². The summed E-state index contributed by atoms with van der Waals surface area (Å²) in [6.07, 6.45) is -0.232. The summed E-state index contributed by atoms with van der Waals surface area (Å²) in [6, 6.07) is 0. The van der Waals surface area contributed by atoms with Crippen molar-refractivity contribution in [1.29, 1.82) is 0 Å². The molecule has 1 heterocycles. The van der Waals surface area contributed by atoms with Crippen molar-refractivity contribution in [2.24, 2.45) is 16.1 Å². The molecular weight excluding hydrogens is 282 g/mol. The van der Waals surface area contributed by atoms with Gasteiger partial charge in [0.2, 0.25) is 4.91 Å². The summed E-state index contributed by atoms with van der Waals surface area (Å²) in [7, 11) is 1.47. The normalized spacial score (nSPS) is 21.4. The van der Waals surface area contributed by atoms with Crippen LogP contribution in [0.3, 0.4) is 0 Å². The molecule has 1 aliphatic heterocycles. The third-order valence-corrected chi connectivity index (χ3v) is 3.13. The standard InChI is InChI=1S/C13H23F2N4O2/c1-12(2,3)21-11(20)19-8-6-10(13(14,15)9-19)5-7-17-18-16-4/h10H,5-9H2,1-4H3/q+1. The maximum Gasteiger partial charge on any atom is 0.410 e. The Bertz CT molecular complexity index is 428. The van der Waals surface area contributed by atoms with Gasteiger partial charge in [-0.15, -0.1) is 0 Å². The first-order chi connectivity index (χ1) is 9.65. The van der Waals surface area contributed by atoms with Crippen molar-refractivity contribution in [3.63, 3.8) is 0 Å². The molecule has 0 aromatic carbocycles. The summed E-state index contributed by atoms with van der Waals surface area (Å²) < 4.78 is 33.3. The highest BCUT2D eigenvalue weighted by Gasteiger charge is 2.46. The Hall–Kier alpha value is -1.56.